The molecular formula is C17H21NO4. The lowest BCUT2D eigenvalue weighted by molar-refractivity contribution is 0.204. The van der Waals surface area contributed by atoms with Gasteiger partial charge in [-0.15, -0.1) is 0 Å². The van der Waals surface area contributed by atoms with Crippen LogP contribution in [0.5, 0.6) is 23.0 Å². The lowest BCUT2D eigenvalue weighted by Gasteiger charge is -2.15. The Hall–Kier alpha value is -2.56. The fourth-order valence-corrected chi connectivity index (χ4v) is 2.03. The summed E-state index contributed by atoms with van der Waals surface area (Å²) < 4.78 is 22.0. The van der Waals surface area contributed by atoms with Gasteiger partial charge >= 0.3 is 0 Å². The molecule has 2 rings (SSSR count). The van der Waals surface area contributed by atoms with E-state index in [-0.39, 0.29) is 0 Å². The molecule has 5 nitrogen and oxygen atoms in total. The van der Waals surface area contributed by atoms with Gasteiger partial charge in [-0.2, -0.15) is 0 Å². The van der Waals surface area contributed by atoms with E-state index >= 15 is 0 Å². The molecule has 0 spiro atoms. The topological polar surface area (TPSA) is 62.9 Å². The van der Waals surface area contributed by atoms with Crippen molar-refractivity contribution in [2.45, 2.75) is 6.92 Å². The summed E-state index contributed by atoms with van der Waals surface area (Å²) in [5, 5.41) is 0. The predicted octanol–water partition coefficient (Wildman–Crippen LogP) is 3.05. The lowest BCUT2D eigenvalue weighted by atomic mass is 10.2. The summed E-state index contributed by atoms with van der Waals surface area (Å²) in [6.07, 6.45) is 0. The average Bonchev–Trinajstić information content (AvgIpc) is 2.54. The Kier molecular flexibility index (Phi) is 5.36. The minimum Gasteiger partial charge on any atom is -0.493 e. The summed E-state index contributed by atoms with van der Waals surface area (Å²) >= 11 is 0. The van der Waals surface area contributed by atoms with Gasteiger partial charge in [0, 0.05) is 11.8 Å². The van der Waals surface area contributed by atoms with E-state index in [0.29, 0.717) is 36.1 Å². The molecule has 0 bridgehead atoms. The number of benzene rings is 2. The highest BCUT2D eigenvalue weighted by Gasteiger charge is 2.11. The van der Waals surface area contributed by atoms with Gasteiger partial charge in [-0.05, 0) is 30.7 Å². The molecule has 118 valence electrons. The van der Waals surface area contributed by atoms with Crippen LogP contribution in [0.3, 0.4) is 0 Å². The van der Waals surface area contributed by atoms with Crippen LogP contribution in [0.2, 0.25) is 0 Å². The van der Waals surface area contributed by atoms with E-state index in [1.165, 1.54) is 0 Å². The Morgan fingerprint density at radius 2 is 1.50 bits per heavy atom. The monoisotopic (exact) mass is 303 g/mol. The van der Waals surface area contributed by atoms with Crippen molar-refractivity contribution in [1.82, 2.24) is 0 Å². The van der Waals surface area contributed by atoms with Crippen molar-refractivity contribution >= 4 is 5.69 Å². The molecule has 0 fully saturated rings. The van der Waals surface area contributed by atoms with Gasteiger partial charge in [0.05, 0.1) is 14.2 Å². The first-order chi connectivity index (χ1) is 10.7. The third-order valence-corrected chi connectivity index (χ3v) is 3.18. The normalized spacial score (nSPS) is 10.1. The van der Waals surface area contributed by atoms with Gasteiger partial charge in [-0.25, -0.2) is 0 Å². The maximum atomic E-state index is 5.75. The van der Waals surface area contributed by atoms with Crippen LogP contribution in [0.1, 0.15) is 5.56 Å². The van der Waals surface area contributed by atoms with Crippen LogP contribution in [0.15, 0.2) is 36.4 Å². The second kappa shape index (κ2) is 7.45. The summed E-state index contributed by atoms with van der Waals surface area (Å²) in [6, 6.07) is 11.1. The highest BCUT2D eigenvalue weighted by molar-refractivity contribution is 5.51. The number of methoxy groups -OCH3 is 2. The Morgan fingerprint density at radius 1 is 0.864 bits per heavy atom. The number of nitrogens with two attached hydrogens (primary N) is 1. The molecule has 2 aromatic carbocycles. The second-order valence-corrected chi connectivity index (χ2v) is 4.71. The Morgan fingerprint density at radius 3 is 2.14 bits per heavy atom. The van der Waals surface area contributed by atoms with Crippen molar-refractivity contribution in [1.29, 1.82) is 0 Å². The first-order valence-corrected chi connectivity index (χ1v) is 6.98. The first kappa shape index (κ1) is 15.8. The zero-order valence-electron chi connectivity index (χ0n) is 13.1. The molecule has 0 saturated carbocycles. The van der Waals surface area contributed by atoms with E-state index in [2.05, 4.69) is 0 Å². The van der Waals surface area contributed by atoms with E-state index in [0.717, 1.165) is 11.3 Å². The summed E-state index contributed by atoms with van der Waals surface area (Å²) in [6.45, 7) is 2.73. The SMILES string of the molecule is COc1cccc(OC)c1OCCOc1cc(N)ccc1C. The molecule has 0 heterocycles. The average molecular weight is 303 g/mol. The van der Waals surface area contributed by atoms with Crippen LogP contribution in [0.25, 0.3) is 0 Å². The Bertz CT molecular complexity index is 606. The highest BCUT2D eigenvalue weighted by atomic mass is 16.6. The van der Waals surface area contributed by atoms with Crippen LogP contribution >= 0.6 is 0 Å². The molecule has 5 heteroatoms. The number of anilines is 1. The van der Waals surface area contributed by atoms with Crippen molar-refractivity contribution < 1.29 is 18.9 Å². The molecular weight excluding hydrogens is 282 g/mol. The maximum Gasteiger partial charge on any atom is 0.203 e. The number of nitrogen functional groups attached to an aromatic ring is 1. The van der Waals surface area contributed by atoms with E-state index in [1.807, 2.05) is 37.3 Å². The fourth-order valence-electron chi connectivity index (χ4n) is 2.03. The second-order valence-electron chi connectivity index (χ2n) is 4.71. The van der Waals surface area contributed by atoms with Crippen molar-refractivity contribution in [3.05, 3.63) is 42.0 Å². The molecule has 22 heavy (non-hydrogen) atoms. The van der Waals surface area contributed by atoms with E-state index in [4.69, 9.17) is 24.7 Å². The standard InChI is InChI=1S/C17H21NO4/c1-12-7-8-13(18)11-16(12)21-9-10-22-17-14(19-2)5-4-6-15(17)20-3/h4-8,11H,9-10,18H2,1-3H3. The summed E-state index contributed by atoms with van der Waals surface area (Å²) in [4.78, 5) is 0. The number of ether oxygens (including phenoxy) is 4. The Balaban J connectivity index is 1.95. The van der Waals surface area contributed by atoms with Gasteiger partial charge < -0.3 is 24.7 Å². The van der Waals surface area contributed by atoms with Crippen molar-refractivity contribution in [2.75, 3.05) is 33.2 Å². The van der Waals surface area contributed by atoms with Crippen LogP contribution in [-0.4, -0.2) is 27.4 Å². The minimum absolute atomic E-state index is 0.366. The van der Waals surface area contributed by atoms with Gasteiger partial charge in [0.25, 0.3) is 0 Å². The van der Waals surface area contributed by atoms with Crippen molar-refractivity contribution in [3.63, 3.8) is 0 Å². The van der Waals surface area contributed by atoms with Gasteiger partial charge in [0.1, 0.15) is 19.0 Å². The molecule has 0 saturated heterocycles. The lowest BCUT2D eigenvalue weighted by Crippen LogP contribution is -2.11. The van der Waals surface area contributed by atoms with E-state index in [9.17, 15) is 0 Å². The van der Waals surface area contributed by atoms with Crippen LogP contribution in [-0.2, 0) is 0 Å². The van der Waals surface area contributed by atoms with Crippen molar-refractivity contribution in [3.8, 4) is 23.0 Å². The van der Waals surface area contributed by atoms with Gasteiger partial charge in [0.15, 0.2) is 11.5 Å². The highest BCUT2D eigenvalue weighted by Crippen LogP contribution is 2.36. The molecule has 0 amide bonds. The molecule has 0 aliphatic carbocycles. The Labute approximate surface area is 130 Å². The van der Waals surface area contributed by atoms with E-state index in [1.54, 1.807) is 20.3 Å². The largest absolute Gasteiger partial charge is 0.493 e. The van der Waals surface area contributed by atoms with Gasteiger partial charge in [-0.1, -0.05) is 12.1 Å². The molecule has 0 atom stereocenters. The smallest absolute Gasteiger partial charge is 0.203 e. The number of rotatable bonds is 7. The third-order valence-electron chi connectivity index (χ3n) is 3.18. The minimum atomic E-state index is 0.366. The maximum absolute atomic E-state index is 5.75. The zero-order valence-corrected chi connectivity index (χ0v) is 13.1. The third kappa shape index (κ3) is 3.75. The molecule has 2 aromatic rings. The van der Waals surface area contributed by atoms with Crippen LogP contribution < -0.4 is 24.7 Å². The van der Waals surface area contributed by atoms with Crippen LogP contribution in [0.4, 0.5) is 5.69 Å². The number of hydrogen-bond donors (Lipinski definition) is 1. The summed E-state index contributed by atoms with van der Waals surface area (Å²) in [5.74, 6) is 2.58. The van der Waals surface area contributed by atoms with Gasteiger partial charge in [-0.3, -0.25) is 0 Å². The van der Waals surface area contributed by atoms with E-state index < -0.39 is 0 Å². The molecule has 0 aliphatic rings. The number of aryl methyl sites for hydroxylation is 1. The molecule has 2 N–H and O–H groups in total. The first-order valence-electron chi connectivity index (χ1n) is 6.98. The van der Waals surface area contributed by atoms with Crippen molar-refractivity contribution in [2.24, 2.45) is 0 Å². The zero-order chi connectivity index (χ0) is 15.9. The fraction of sp³-hybridized carbons (Fsp3) is 0.294. The number of hydrogen-bond acceptors (Lipinski definition) is 5. The molecule has 0 aromatic heterocycles. The summed E-state index contributed by atoms with van der Waals surface area (Å²) in [5.41, 5.74) is 7.46. The number of para-hydroxylation sites is 1. The molecule has 0 aliphatic heterocycles. The predicted molar refractivity (Wildman–Crippen MR) is 86.1 cm³/mol. The van der Waals surface area contributed by atoms with Crippen LogP contribution in [0, 0.1) is 6.92 Å². The molecule has 0 unspecified atom stereocenters. The quantitative estimate of drug-likeness (QED) is 0.629. The van der Waals surface area contributed by atoms with Gasteiger partial charge in [0.2, 0.25) is 5.75 Å². The molecule has 0 radical (unpaired) electrons. The summed E-state index contributed by atoms with van der Waals surface area (Å²) in [7, 11) is 3.18.